The monoisotopic (exact) mass is 334 g/mol. The number of carbonyl (C=O) groups excluding carboxylic acids is 3. The highest BCUT2D eigenvalue weighted by Gasteiger charge is 2.43. The standard InChI is InChI=1S/C20H18N2O3/c1-12-11-14-7-3-6-10-17(14)21(12)18(23)13(2)22-19(24)15-8-4-5-9-16(15)20(22)25/h3-10,12-13H,11H2,1-2H3/t12-,13+/m0/s1. The van der Waals surface area contributed by atoms with Crippen molar-refractivity contribution in [1.82, 2.24) is 4.90 Å². The number of nitrogens with zero attached hydrogens (tertiary/aromatic N) is 2. The summed E-state index contributed by atoms with van der Waals surface area (Å²) in [4.78, 5) is 41.2. The molecule has 0 unspecified atom stereocenters. The summed E-state index contributed by atoms with van der Waals surface area (Å²) in [5.41, 5.74) is 2.70. The van der Waals surface area contributed by atoms with Crippen LogP contribution in [0.4, 0.5) is 5.69 Å². The largest absolute Gasteiger partial charge is 0.307 e. The molecular formula is C20H18N2O3. The lowest BCUT2D eigenvalue weighted by molar-refractivity contribution is -0.122. The lowest BCUT2D eigenvalue weighted by Crippen LogP contribution is -2.51. The number of rotatable bonds is 2. The van der Waals surface area contributed by atoms with Gasteiger partial charge >= 0.3 is 0 Å². The average molecular weight is 334 g/mol. The van der Waals surface area contributed by atoms with Crippen LogP contribution in [-0.4, -0.2) is 34.7 Å². The van der Waals surface area contributed by atoms with E-state index in [2.05, 4.69) is 0 Å². The summed E-state index contributed by atoms with van der Waals surface area (Å²) in [6, 6.07) is 13.6. The molecule has 25 heavy (non-hydrogen) atoms. The Morgan fingerprint density at radius 3 is 2.20 bits per heavy atom. The fourth-order valence-corrected chi connectivity index (χ4v) is 3.77. The van der Waals surface area contributed by atoms with E-state index in [1.165, 1.54) is 0 Å². The van der Waals surface area contributed by atoms with Gasteiger partial charge in [-0.05, 0) is 44.0 Å². The van der Waals surface area contributed by atoms with Crippen molar-refractivity contribution < 1.29 is 14.4 Å². The predicted octanol–water partition coefficient (Wildman–Crippen LogP) is 2.65. The predicted molar refractivity (Wildman–Crippen MR) is 93.5 cm³/mol. The molecule has 0 saturated carbocycles. The maximum absolute atomic E-state index is 13.1. The van der Waals surface area contributed by atoms with E-state index in [-0.39, 0.29) is 11.9 Å². The van der Waals surface area contributed by atoms with Gasteiger partial charge in [0.2, 0.25) is 5.91 Å². The van der Waals surface area contributed by atoms with E-state index in [0.29, 0.717) is 11.1 Å². The zero-order chi connectivity index (χ0) is 17.7. The van der Waals surface area contributed by atoms with Gasteiger partial charge in [-0.1, -0.05) is 30.3 Å². The summed E-state index contributed by atoms with van der Waals surface area (Å²) in [6.45, 7) is 3.60. The number of imide groups is 1. The number of hydrogen-bond donors (Lipinski definition) is 0. The maximum atomic E-state index is 13.1. The first-order chi connectivity index (χ1) is 12.0. The van der Waals surface area contributed by atoms with Crippen LogP contribution in [0.5, 0.6) is 0 Å². The van der Waals surface area contributed by atoms with Crippen molar-refractivity contribution in [3.8, 4) is 0 Å². The summed E-state index contributed by atoms with van der Waals surface area (Å²) in [7, 11) is 0. The molecule has 2 aromatic rings. The molecule has 0 radical (unpaired) electrons. The van der Waals surface area contributed by atoms with Gasteiger partial charge in [-0.3, -0.25) is 19.3 Å². The Bertz CT molecular complexity index is 870. The highest BCUT2D eigenvalue weighted by atomic mass is 16.2. The summed E-state index contributed by atoms with van der Waals surface area (Å²) in [5, 5.41) is 0. The first-order valence-electron chi connectivity index (χ1n) is 8.38. The summed E-state index contributed by atoms with van der Waals surface area (Å²) in [6.07, 6.45) is 0.775. The van der Waals surface area contributed by atoms with Gasteiger partial charge in [0.1, 0.15) is 6.04 Å². The summed E-state index contributed by atoms with van der Waals surface area (Å²) in [5.74, 6) is -1.03. The van der Waals surface area contributed by atoms with Gasteiger partial charge in [-0.2, -0.15) is 0 Å². The van der Waals surface area contributed by atoms with Gasteiger partial charge in [0.25, 0.3) is 11.8 Å². The van der Waals surface area contributed by atoms with Crippen LogP contribution in [0.25, 0.3) is 0 Å². The third-order valence-corrected chi connectivity index (χ3v) is 5.01. The minimum Gasteiger partial charge on any atom is -0.307 e. The second kappa shape index (κ2) is 5.55. The normalized spacial score (nSPS) is 19.8. The third kappa shape index (κ3) is 2.19. The number of carbonyl (C=O) groups is 3. The van der Waals surface area contributed by atoms with Crippen molar-refractivity contribution in [2.75, 3.05) is 4.90 Å². The number of amides is 3. The van der Waals surface area contributed by atoms with Crippen LogP contribution in [0.3, 0.4) is 0 Å². The molecule has 0 fully saturated rings. The lowest BCUT2D eigenvalue weighted by Gasteiger charge is -2.29. The van der Waals surface area contributed by atoms with Crippen LogP contribution < -0.4 is 4.90 Å². The van der Waals surface area contributed by atoms with E-state index in [0.717, 1.165) is 22.6 Å². The molecule has 5 nitrogen and oxygen atoms in total. The summed E-state index contributed by atoms with van der Waals surface area (Å²) < 4.78 is 0. The van der Waals surface area contributed by atoms with E-state index in [4.69, 9.17) is 0 Å². The van der Waals surface area contributed by atoms with Gasteiger partial charge in [0.05, 0.1) is 11.1 Å². The highest BCUT2D eigenvalue weighted by molar-refractivity contribution is 6.23. The van der Waals surface area contributed by atoms with Crippen molar-refractivity contribution in [3.63, 3.8) is 0 Å². The van der Waals surface area contributed by atoms with Gasteiger partial charge in [0.15, 0.2) is 0 Å². The molecule has 0 saturated heterocycles. The van der Waals surface area contributed by atoms with E-state index < -0.39 is 17.9 Å². The molecule has 2 aliphatic heterocycles. The first-order valence-corrected chi connectivity index (χ1v) is 8.38. The molecule has 2 aromatic carbocycles. The molecule has 4 rings (SSSR count). The van der Waals surface area contributed by atoms with Crippen LogP contribution in [0.15, 0.2) is 48.5 Å². The lowest BCUT2D eigenvalue weighted by atomic mass is 10.1. The molecule has 2 atom stereocenters. The number of hydrogen-bond acceptors (Lipinski definition) is 3. The van der Waals surface area contributed by atoms with E-state index in [1.54, 1.807) is 36.1 Å². The fraction of sp³-hybridized carbons (Fsp3) is 0.250. The molecule has 0 aliphatic carbocycles. The fourth-order valence-electron chi connectivity index (χ4n) is 3.77. The number of fused-ring (bicyclic) bond motifs is 2. The maximum Gasteiger partial charge on any atom is 0.262 e. The molecule has 0 spiro atoms. The van der Waals surface area contributed by atoms with Crippen molar-refractivity contribution >= 4 is 23.4 Å². The van der Waals surface area contributed by atoms with Gasteiger partial charge in [-0.15, -0.1) is 0 Å². The topological polar surface area (TPSA) is 57.7 Å². The van der Waals surface area contributed by atoms with E-state index >= 15 is 0 Å². The third-order valence-electron chi connectivity index (χ3n) is 5.01. The van der Waals surface area contributed by atoms with Crippen molar-refractivity contribution in [3.05, 3.63) is 65.2 Å². The zero-order valence-electron chi connectivity index (χ0n) is 14.1. The molecule has 2 aliphatic rings. The molecular weight excluding hydrogens is 316 g/mol. The number of para-hydroxylation sites is 1. The second-order valence-corrected chi connectivity index (χ2v) is 6.59. The molecule has 0 N–H and O–H groups in total. The van der Waals surface area contributed by atoms with Crippen LogP contribution in [0, 0.1) is 0 Å². The Kier molecular flexibility index (Phi) is 3.46. The Balaban J connectivity index is 1.66. The zero-order valence-corrected chi connectivity index (χ0v) is 14.1. The van der Waals surface area contributed by atoms with Crippen molar-refractivity contribution in [2.24, 2.45) is 0 Å². The minimum absolute atomic E-state index is 0.00234. The molecule has 126 valence electrons. The average Bonchev–Trinajstić information content (AvgIpc) is 3.08. The highest BCUT2D eigenvalue weighted by Crippen LogP contribution is 2.33. The van der Waals surface area contributed by atoms with Crippen LogP contribution in [-0.2, 0) is 11.2 Å². The summed E-state index contributed by atoms with van der Waals surface area (Å²) >= 11 is 0. The van der Waals surface area contributed by atoms with Gasteiger partial charge in [0, 0.05) is 11.7 Å². The molecule has 2 heterocycles. The SMILES string of the molecule is C[C@H](C(=O)N1c2ccccc2C[C@@H]1C)N1C(=O)c2ccccc2C1=O. The number of benzene rings is 2. The van der Waals surface area contributed by atoms with Crippen molar-refractivity contribution in [2.45, 2.75) is 32.4 Å². The van der Waals surface area contributed by atoms with E-state index in [1.807, 2.05) is 31.2 Å². The smallest absolute Gasteiger partial charge is 0.262 e. The Morgan fingerprint density at radius 1 is 1.00 bits per heavy atom. The molecule has 5 heteroatoms. The Morgan fingerprint density at radius 2 is 1.56 bits per heavy atom. The van der Waals surface area contributed by atoms with Gasteiger partial charge in [-0.25, -0.2) is 0 Å². The van der Waals surface area contributed by atoms with Gasteiger partial charge < -0.3 is 4.90 Å². The quantitative estimate of drug-likeness (QED) is 0.794. The first kappa shape index (κ1) is 15.6. The molecule has 3 amide bonds. The van der Waals surface area contributed by atoms with Crippen LogP contribution in [0.2, 0.25) is 0 Å². The molecule has 0 bridgehead atoms. The van der Waals surface area contributed by atoms with Crippen LogP contribution >= 0.6 is 0 Å². The van der Waals surface area contributed by atoms with E-state index in [9.17, 15) is 14.4 Å². The van der Waals surface area contributed by atoms with Crippen molar-refractivity contribution in [1.29, 1.82) is 0 Å². The molecule has 0 aromatic heterocycles. The number of anilines is 1. The minimum atomic E-state index is -0.846. The Hall–Kier alpha value is -2.95. The second-order valence-electron chi connectivity index (χ2n) is 6.59. The van der Waals surface area contributed by atoms with Crippen LogP contribution in [0.1, 0.15) is 40.1 Å². The Labute approximate surface area is 145 Å².